The molecule has 0 aliphatic carbocycles. The fraction of sp³-hybridized carbons (Fsp3) is 0. The first-order chi connectivity index (χ1) is 6.84. The topological polar surface area (TPSA) is 78.5 Å². The summed E-state index contributed by atoms with van der Waals surface area (Å²) >= 11 is 1.85. The second-order valence-corrected chi connectivity index (χ2v) is 4.16. The van der Waals surface area contributed by atoms with Crippen LogP contribution in [0.15, 0.2) is 24.8 Å². The van der Waals surface area contributed by atoms with Crippen LogP contribution in [0.3, 0.4) is 0 Å². The van der Waals surface area contributed by atoms with Crippen LogP contribution in [-0.2, 0) is 0 Å². The summed E-state index contributed by atoms with van der Waals surface area (Å²) in [6.07, 6.45) is 6.18. The van der Waals surface area contributed by atoms with Crippen molar-refractivity contribution in [3.63, 3.8) is 0 Å². The Morgan fingerprint density at radius 1 is 1.00 bits per heavy atom. The van der Waals surface area contributed by atoms with Gasteiger partial charge in [0.25, 0.3) is 4.45 Å². The van der Waals surface area contributed by atoms with Gasteiger partial charge in [-0.05, 0) is 0 Å². The fourth-order valence-electron chi connectivity index (χ4n) is 0.662. The molecule has 0 aliphatic rings. The van der Waals surface area contributed by atoms with Gasteiger partial charge in [-0.25, -0.2) is 0 Å². The van der Waals surface area contributed by atoms with E-state index in [4.69, 9.17) is 0 Å². The second-order valence-electron chi connectivity index (χ2n) is 2.04. The van der Waals surface area contributed by atoms with Gasteiger partial charge in [-0.15, -0.1) is 10.2 Å². The van der Waals surface area contributed by atoms with Gasteiger partial charge in [0.1, 0.15) is 0 Å². The minimum atomic E-state index is -0.166. The smallest absolute Gasteiger partial charge is 0.270 e. The predicted octanol–water partition coefficient (Wildman–Crippen LogP) is 0.682. The minimum absolute atomic E-state index is 0.166. The molecular formula is C5H4N6OS2. The van der Waals surface area contributed by atoms with Crippen molar-refractivity contribution in [3.05, 3.63) is 24.8 Å². The van der Waals surface area contributed by atoms with Crippen LogP contribution in [0.2, 0.25) is 0 Å². The maximum Gasteiger partial charge on any atom is 0.290 e. The van der Waals surface area contributed by atoms with Crippen LogP contribution >= 0.6 is 23.9 Å². The Bertz CT molecular complexity index is 360. The van der Waals surface area contributed by atoms with E-state index in [0.717, 1.165) is 23.9 Å². The van der Waals surface area contributed by atoms with Crippen LogP contribution in [0.25, 0.3) is 0 Å². The molecule has 14 heavy (non-hydrogen) atoms. The van der Waals surface area contributed by atoms with E-state index in [-0.39, 0.29) is 4.45 Å². The van der Waals surface area contributed by atoms with E-state index in [1.807, 2.05) is 0 Å². The van der Waals surface area contributed by atoms with E-state index in [1.54, 1.807) is 12.4 Å². The van der Waals surface area contributed by atoms with E-state index in [2.05, 4.69) is 20.6 Å². The maximum absolute atomic E-state index is 11.3. The molecule has 0 aromatic carbocycles. The highest BCUT2D eigenvalue weighted by Gasteiger charge is 2.07. The number of carbonyl (C=O) groups excluding carboxylic acids is 1. The Hall–Kier alpha value is -1.35. The normalized spacial score (nSPS) is 10.3. The lowest BCUT2D eigenvalue weighted by Crippen LogP contribution is -1.97. The first-order valence-corrected chi connectivity index (χ1v) is 5.02. The third-order valence-corrected chi connectivity index (χ3v) is 2.65. The summed E-state index contributed by atoms with van der Waals surface area (Å²) in [5.74, 6) is 0. The van der Waals surface area contributed by atoms with Crippen molar-refractivity contribution < 1.29 is 4.79 Å². The van der Waals surface area contributed by atoms with Crippen molar-refractivity contribution in [2.75, 3.05) is 0 Å². The Kier molecular flexibility index (Phi) is 2.79. The fourth-order valence-corrected chi connectivity index (χ4v) is 1.95. The lowest BCUT2D eigenvalue weighted by Gasteiger charge is -1.96. The highest BCUT2D eigenvalue weighted by Crippen LogP contribution is 2.17. The highest BCUT2D eigenvalue weighted by atomic mass is 32.2. The zero-order valence-corrected chi connectivity index (χ0v) is 8.35. The molecule has 0 atom stereocenters. The van der Waals surface area contributed by atoms with Gasteiger partial charge in [0.05, 0.1) is 48.7 Å². The van der Waals surface area contributed by atoms with Crippen LogP contribution in [0, 0.1) is 0 Å². The van der Waals surface area contributed by atoms with Gasteiger partial charge < -0.3 is 0 Å². The third kappa shape index (κ3) is 2.33. The molecule has 0 unspecified atom stereocenters. The average Bonchev–Trinajstić information content (AvgIpc) is 2.76. The maximum atomic E-state index is 11.3. The van der Waals surface area contributed by atoms with Gasteiger partial charge >= 0.3 is 0 Å². The molecule has 0 radical (unpaired) electrons. The summed E-state index contributed by atoms with van der Waals surface area (Å²) in [5.41, 5.74) is 0. The lowest BCUT2D eigenvalue weighted by molar-refractivity contribution is 0.276. The quantitative estimate of drug-likeness (QED) is 0.747. The highest BCUT2D eigenvalue weighted by molar-refractivity contribution is 8.37. The van der Waals surface area contributed by atoms with E-state index < -0.39 is 0 Å². The Labute approximate surface area is 87.1 Å². The Balaban J connectivity index is 1.91. The molecular weight excluding hydrogens is 224 g/mol. The lowest BCUT2D eigenvalue weighted by atomic mass is 11.0. The summed E-state index contributed by atoms with van der Waals surface area (Å²) in [4.78, 5) is 11.3. The number of hydrogen-bond donors (Lipinski definition) is 0. The Morgan fingerprint density at radius 2 is 1.50 bits per heavy atom. The molecule has 0 bridgehead atoms. The van der Waals surface area contributed by atoms with Gasteiger partial charge in [0.15, 0.2) is 0 Å². The SMILES string of the molecule is O=C(Sn1ccnn1)Sn1ccnn1. The van der Waals surface area contributed by atoms with Crippen molar-refractivity contribution in [2.45, 2.75) is 0 Å². The van der Waals surface area contributed by atoms with Gasteiger partial charge in [0, 0.05) is 0 Å². The van der Waals surface area contributed by atoms with Crippen molar-refractivity contribution >= 4 is 28.3 Å². The molecule has 0 saturated carbocycles. The molecule has 2 heterocycles. The molecule has 9 heteroatoms. The molecule has 2 rings (SSSR count). The molecule has 0 spiro atoms. The van der Waals surface area contributed by atoms with Crippen LogP contribution in [0.1, 0.15) is 0 Å². The summed E-state index contributed by atoms with van der Waals surface area (Å²) < 4.78 is 2.57. The summed E-state index contributed by atoms with van der Waals surface area (Å²) in [7, 11) is 0. The van der Waals surface area contributed by atoms with E-state index in [1.165, 1.54) is 20.6 Å². The van der Waals surface area contributed by atoms with Crippen LogP contribution in [0.4, 0.5) is 4.79 Å². The number of nitrogens with zero attached hydrogens (tertiary/aromatic N) is 6. The van der Waals surface area contributed by atoms with Gasteiger partial charge in [-0.3, -0.25) is 4.79 Å². The minimum Gasteiger partial charge on any atom is -0.270 e. The van der Waals surface area contributed by atoms with Gasteiger partial charge in [0.2, 0.25) is 0 Å². The molecule has 72 valence electrons. The standard InChI is InChI=1S/C5H4N6OS2/c12-5(13-10-3-1-6-8-10)14-11-4-2-7-9-11/h1-4H. The van der Waals surface area contributed by atoms with E-state index in [0.29, 0.717) is 0 Å². The zero-order valence-electron chi connectivity index (χ0n) is 6.72. The summed E-state index contributed by atoms with van der Waals surface area (Å²) in [6, 6.07) is 0. The number of carbonyl (C=O) groups is 1. The average molecular weight is 228 g/mol. The van der Waals surface area contributed by atoms with Crippen LogP contribution in [-0.4, -0.2) is 33.2 Å². The molecule has 2 aromatic rings. The van der Waals surface area contributed by atoms with Crippen molar-refractivity contribution in [3.8, 4) is 0 Å². The number of hydrogen-bond acceptors (Lipinski definition) is 7. The number of rotatable bonds is 2. The molecule has 0 aliphatic heterocycles. The molecule has 0 fully saturated rings. The molecule has 0 N–H and O–H groups in total. The largest absolute Gasteiger partial charge is 0.290 e. The summed E-state index contributed by atoms with van der Waals surface area (Å²) in [5, 5.41) is 14.4. The Morgan fingerprint density at radius 3 is 1.86 bits per heavy atom. The monoisotopic (exact) mass is 228 g/mol. The van der Waals surface area contributed by atoms with Gasteiger partial charge in [-0.1, -0.05) is 10.4 Å². The third-order valence-electron chi connectivity index (χ3n) is 1.14. The van der Waals surface area contributed by atoms with Gasteiger partial charge in [-0.2, -0.15) is 8.17 Å². The predicted molar refractivity (Wildman–Crippen MR) is 51.4 cm³/mol. The summed E-state index contributed by atoms with van der Waals surface area (Å²) in [6.45, 7) is 0. The van der Waals surface area contributed by atoms with Crippen molar-refractivity contribution in [1.29, 1.82) is 0 Å². The number of aromatic nitrogens is 6. The van der Waals surface area contributed by atoms with E-state index in [9.17, 15) is 4.79 Å². The van der Waals surface area contributed by atoms with Crippen LogP contribution < -0.4 is 0 Å². The molecule has 0 saturated heterocycles. The molecule has 0 amide bonds. The van der Waals surface area contributed by atoms with Crippen molar-refractivity contribution in [2.24, 2.45) is 0 Å². The van der Waals surface area contributed by atoms with Crippen molar-refractivity contribution in [1.82, 2.24) is 28.8 Å². The second kappa shape index (κ2) is 4.24. The molecule has 7 nitrogen and oxygen atoms in total. The first kappa shape index (κ1) is 9.21. The zero-order chi connectivity index (χ0) is 9.80. The van der Waals surface area contributed by atoms with Crippen LogP contribution in [0.5, 0.6) is 0 Å². The van der Waals surface area contributed by atoms with E-state index >= 15 is 0 Å². The first-order valence-electron chi connectivity index (χ1n) is 3.48. The molecule has 2 aromatic heterocycles.